The fourth-order valence-electron chi connectivity index (χ4n) is 1.44. The highest BCUT2D eigenvalue weighted by molar-refractivity contribution is 5.93. The van der Waals surface area contributed by atoms with E-state index in [1.165, 1.54) is 0 Å². The van der Waals surface area contributed by atoms with Crippen molar-refractivity contribution in [3.63, 3.8) is 0 Å². The average molecular weight is 200 g/mol. The van der Waals surface area contributed by atoms with Crippen LogP contribution in [-0.2, 0) is 6.54 Å². The highest BCUT2D eigenvalue weighted by atomic mass is 16.1. The number of rotatable bonds is 3. The number of hydrogen-bond donors (Lipinski definition) is 0. The minimum atomic E-state index is 0.101. The topological polar surface area (TPSA) is 34.9 Å². The van der Waals surface area contributed by atoms with E-state index in [4.69, 9.17) is 0 Å². The van der Waals surface area contributed by atoms with Crippen LogP contribution >= 0.6 is 0 Å². The van der Waals surface area contributed by atoms with Crippen molar-refractivity contribution < 1.29 is 4.79 Å². The number of aromatic nitrogens is 2. The molecule has 3 nitrogen and oxygen atoms in total. The summed E-state index contributed by atoms with van der Waals surface area (Å²) in [6.07, 6.45) is 5.45. The van der Waals surface area contributed by atoms with Gasteiger partial charge in [-0.25, -0.2) is 4.98 Å². The van der Waals surface area contributed by atoms with Crippen LogP contribution in [0.4, 0.5) is 0 Å². The first-order valence-electron chi connectivity index (χ1n) is 4.81. The quantitative estimate of drug-likeness (QED) is 0.711. The van der Waals surface area contributed by atoms with E-state index in [9.17, 15) is 4.79 Å². The number of ketones is 1. The molecule has 1 heterocycles. The van der Waals surface area contributed by atoms with Crippen molar-refractivity contribution >= 4 is 5.78 Å². The number of imidazole rings is 1. The Bertz CT molecular complexity index is 443. The Kier molecular flexibility index (Phi) is 2.63. The largest absolute Gasteiger partial charge is 0.333 e. The van der Waals surface area contributed by atoms with Gasteiger partial charge >= 0.3 is 0 Å². The molecule has 3 heteroatoms. The first-order valence-corrected chi connectivity index (χ1v) is 4.81. The van der Waals surface area contributed by atoms with Crippen LogP contribution in [0.5, 0.6) is 0 Å². The molecule has 0 amide bonds. The van der Waals surface area contributed by atoms with Gasteiger partial charge in [-0.05, 0) is 12.5 Å². The van der Waals surface area contributed by atoms with Crippen molar-refractivity contribution in [3.8, 4) is 0 Å². The molecule has 0 N–H and O–H groups in total. The maximum atomic E-state index is 11.1. The third kappa shape index (κ3) is 2.31. The van der Waals surface area contributed by atoms with Gasteiger partial charge in [-0.15, -0.1) is 0 Å². The molecule has 0 spiro atoms. The van der Waals surface area contributed by atoms with Crippen LogP contribution in [-0.4, -0.2) is 15.3 Å². The number of carbonyl (C=O) groups excluding carboxylic acids is 1. The van der Waals surface area contributed by atoms with Crippen LogP contribution in [0.15, 0.2) is 43.0 Å². The molecule has 76 valence electrons. The molecule has 2 rings (SSSR count). The summed E-state index contributed by atoms with van der Waals surface area (Å²) in [6.45, 7) is 2.36. The molecular formula is C12H12N2O. The molecule has 0 aliphatic rings. The average Bonchev–Trinajstić information content (AvgIpc) is 2.71. The molecule has 0 fully saturated rings. The lowest BCUT2D eigenvalue weighted by atomic mass is 10.1. The van der Waals surface area contributed by atoms with Gasteiger partial charge in [0.05, 0.1) is 6.33 Å². The van der Waals surface area contributed by atoms with E-state index in [2.05, 4.69) is 4.98 Å². The fourth-order valence-corrected chi connectivity index (χ4v) is 1.44. The fraction of sp³-hybridized carbons (Fsp3) is 0.167. The Balaban J connectivity index is 2.14. The number of carbonyl (C=O) groups is 1. The molecule has 2 aromatic rings. The van der Waals surface area contributed by atoms with Crippen LogP contribution in [0.3, 0.4) is 0 Å². The standard InChI is InChI=1S/C12H12N2O/c1-10(15)12-4-2-11(3-5-12)8-14-7-6-13-9-14/h2-7,9H,8H2,1H3. The molecule has 15 heavy (non-hydrogen) atoms. The molecule has 0 saturated heterocycles. The Labute approximate surface area is 88.4 Å². The van der Waals surface area contributed by atoms with Crippen molar-refractivity contribution in [2.24, 2.45) is 0 Å². The summed E-state index contributed by atoms with van der Waals surface area (Å²) < 4.78 is 1.99. The van der Waals surface area contributed by atoms with Crippen LogP contribution in [0, 0.1) is 0 Å². The van der Waals surface area contributed by atoms with E-state index in [1.54, 1.807) is 19.4 Å². The predicted molar refractivity (Wildman–Crippen MR) is 57.8 cm³/mol. The zero-order valence-electron chi connectivity index (χ0n) is 8.55. The van der Waals surface area contributed by atoms with Gasteiger partial charge in [0.2, 0.25) is 0 Å². The lowest BCUT2D eigenvalue weighted by Crippen LogP contribution is -1.97. The lowest BCUT2D eigenvalue weighted by Gasteiger charge is -2.02. The van der Waals surface area contributed by atoms with Crippen molar-refractivity contribution in [2.75, 3.05) is 0 Å². The summed E-state index contributed by atoms with van der Waals surface area (Å²) in [4.78, 5) is 15.0. The zero-order chi connectivity index (χ0) is 10.7. The van der Waals surface area contributed by atoms with E-state index < -0.39 is 0 Å². The van der Waals surface area contributed by atoms with Crippen molar-refractivity contribution in [2.45, 2.75) is 13.5 Å². The number of Topliss-reactive ketones (excluding diaryl/α,β-unsaturated/α-hetero) is 1. The van der Waals surface area contributed by atoms with Crippen LogP contribution in [0.2, 0.25) is 0 Å². The highest BCUT2D eigenvalue weighted by Gasteiger charge is 1.99. The minimum Gasteiger partial charge on any atom is -0.333 e. The molecule has 0 saturated carbocycles. The molecule has 0 atom stereocenters. The van der Waals surface area contributed by atoms with E-state index in [0.29, 0.717) is 0 Å². The van der Waals surface area contributed by atoms with Crippen molar-refractivity contribution in [1.82, 2.24) is 9.55 Å². The summed E-state index contributed by atoms with van der Waals surface area (Å²) in [7, 11) is 0. The lowest BCUT2D eigenvalue weighted by molar-refractivity contribution is 0.101. The van der Waals surface area contributed by atoms with Gasteiger partial charge in [-0.1, -0.05) is 24.3 Å². The summed E-state index contributed by atoms with van der Waals surface area (Å²) in [6, 6.07) is 7.65. The second-order valence-electron chi connectivity index (χ2n) is 3.49. The molecule has 1 aromatic heterocycles. The summed E-state index contributed by atoms with van der Waals surface area (Å²) >= 11 is 0. The van der Waals surface area contributed by atoms with Crippen LogP contribution in [0.25, 0.3) is 0 Å². The van der Waals surface area contributed by atoms with Gasteiger partial charge in [0.15, 0.2) is 5.78 Å². The Hall–Kier alpha value is -1.90. The maximum absolute atomic E-state index is 11.1. The SMILES string of the molecule is CC(=O)c1ccc(Cn2ccnc2)cc1. The molecule has 0 bridgehead atoms. The first-order chi connectivity index (χ1) is 7.25. The zero-order valence-corrected chi connectivity index (χ0v) is 8.55. The third-order valence-corrected chi connectivity index (χ3v) is 2.28. The molecular weight excluding hydrogens is 188 g/mol. The Morgan fingerprint density at radius 1 is 1.33 bits per heavy atom. The first kappa shape index (κ1) is 9.65. The maximum Gasteiger partial charge on any atom is 0.159 e. The molecule has 1 aromatic carbocycles. The summed E-state index contributed by atoms with van der Waals surface area (Å²) in [5, 5.41) is 0. The van der Waals surface area contributed by atoms with Gasteiger partial charge < -0.3 is 4.57 Å². The normalized spacial score (nSPS) is 10.2. The van der Waals surface area contributed by atoms with E-state index in [-0.39, 0.29) is 5.78 Å². The van der Waals surface area contributed by atoms with Gasteiger partial charge in [-0.3, -0.25) is 4.79 Å². The second-order valence-corrected chi connectivity index (χ2v) is 3.49. The van der Waals surface area contributed by atoms with Crippen LogP contribution < -0.4 is 0 Å². The summed E-state index contributed by atoms with van der Waals surface area (Å²) in [5.74, 6) is 0.101. The molecule has 0 unspecified atom stereocenters. The second kappa shape index (κ2) is 4.09. The monoisotopic (exact) mass is 200 g/mol. The summed E-state index contributed by atoms with van der Waals surface area (Å²) in [5.41, 5.74) is 1.92. The smallest absolute Gasteiger partial charge is 0.159 e. The number of nitrogens with zero attached hydrogens (tertiary/aromatic N) is 2. The predicted octanol–water partition coefficient (Wildman–Crippen LogP) is 2.13. The van der Waals surface area contributed by atoms with Gasteiger partial charge in [0.1, 0.15) is 0 Å². The van der Waals surface area contributed by atoms with Crippen molar-refractivity contribution in [1.29, 1.82) is 0 Å². The van der Waals surface area contributed by atoms with Crippen molar-refractivity contribution in [3.05, 3.63) is 54.1 Å². The molecule has 0 aliphatic carbocycles. The number of benzene rings is 1. The van der Waals surface area contributed by atoms with E-state index >= 15 is 0 Å². The third-order valence-electron chi connectivity index (χ3n) is 2.28. The van der Waals surface area contributed by atoms with E-state index in [0.717, 1.165) is 17.7 Å². The van der Waals surface area contributed by atoms with Gasteiger partial charge in [0.25, 0.3) is 0 Å². The van der Waals surface area contributed by atoms with Gasteiger partial charge in [0, 0.05) is 24.5 Å². The minimum absolute atomic E-state index is 0.101. The van der Waals surface area contributed by atoms with E-state index in [1.807, 2.05) is 35.0 Å². The number of hydrogen-bond acceptors (Lipinski definition) is 2. The highest BCUT2D eigenvalue weighted by Crippen LogP contribution is 2.06. The van der Waals surface area contributed by atoms with Gasteiger partial charge in [-0.2, -0.15) is 0 Å². The molecule has 0 radical (unpaired) electrons. The Morgan fingerprint density at radius 2 is 2.07 bits per heavy atom. The Morgan fingerprint density at radius 3 is 2.60 bits per heavy atom. The molecule has 0 aliphatic heterocycles. The van der Waals surface area contributed by atoms with Crippen LogP contribution in [0.1, 0.15) is 22.8 Å².